The summed E-state index contributed by atoms with van der Waals surface area (Å²) in [6.45, 7) is 6.21. The van der Waals surface area contributed by atoms with Crippen LogP contribution in [0.2, 0.25) is 0 Å². The van der Waals surface area contributed by atoms with Crippen LogP contribution < -0.4 is 0 Å². The number of aliphatic hydroxyl groups is 1. The van der Waals surface area contributed by atoms with Crippen molar-refractivity contribution in [3.05, 3.63) is 11.9 Å². The fourth-order valence-electron chi connectivity index (χ4n) is 1.20. The van der Waals surface area contributed by atoms with Gasteiger partial charge in [0.25, 0.3) is 0 Å². The Morgan fingerprint density at radius 3 is 2.64 bits per heavy atom. The summed E-state index contributed by atoms with van der Waals surface area (Å²) in [4.78, 5) is 0. The number of aliphatic hydroxyl groups excluding tert-OH is 1. The zero-order valence-electron chi connectivity index (χ0n) is 9.36. The maximum absolute atomic E-state index is 9.96. The van der Waals surface area contributed by atoms with Crippen molar-refractivity contribution in [2.75, 3.05) is 0 Å². The minimum absolute atomic E-state index is 0.0580. The van der Waals surface area contributed by atoms with Gasteiger partial charge in [-0.05, 0) is 11.8 Å². The molecule has 1 aromatic heterocycles. The summed E-state index contributed by atoms with van der Waals surface area (Å²) >= 11 is 0. The number of aromatic nitrogens is 3. The molecule has 4 heteroatoms. The molecule has 0 saturated heterocycles. The molecule has 1 unspecified atom stereocenters. The van der Waals surface area contributed by atoms with E-state index in [1.165, 1.54) is 0 Å². The van der Waals surface area contributed by atoms with E-state index in [1.54, 1.807) is 4.68 Å². The first kappa shape index (κ1) is 11.2. The smallest absolute Gasteiger partial charge is 0.0852 e. The Hall–Kier alpha value is -0.900. The van der Waals surface area contributed by atoms with E-state index in [2.05, 4.69) is 31.1 Å². The Morgan fingerprint density at radius 2 is 2.21 bits per heavy atom. The molecule has 0 fully saturated rings. The Balaban J connectivity index is 2.61. The van der Waals surface area contributed by atoms with Gasteiger partial charge < -0.3 is 5.11 Å². The highest BCUT2D eigenvalue weighted by Gasteiger charge is 2.26. The predicted molar refractivity (Wildman–Crippen MR) is 54.8 cm³/mol. The average Bonchev–Trinajstić information content (AvgIpc) is 2.51. The van der Waals surface area contributed by atoms with Crippen LogP contribution >= 0.6 is 0 Å². The monoisotopic (exact) mass is 197 g/mol. The number of rotatable bonds is 4. The molecular weight excluding hydrogens is 178 g/mol. The van der Waals surface area contributed by atoms with Gasteiger partial charge in [0, 0.05) is 19.7 Å². The zero-order valence-corrected chi connectivity index (χ0v) is 9.36. The Kier molecular flexibility index (Phi) is 3.26. The molecule has 0 amide bonds. The van der Waals surface area contributed by atoms with Crippen molar-refractivity contribution < 1.29 is 5.11 Å². The lowest BCUT2D eigenvalue weighted by atomic mass is 9.82. The summed E-state index contributed by atoms with van der Waals surface area (Å²) in [6, 6.07) is 0. The molecule has 0 saturated carbocycles. The van der Waals surface area contributed by atoms with Gasteiger partial charge in [0.1, 0.15) is 0 Å². The summed E-state index contributed by atoms with van der Waals surface area (Å²) < 4.78 is 1.65. The SMILES string of the molecule is CCC(C)(C)C(O)Cc1cn(C)nn1. The zero-order chi connectivity index (χ0) is 10.8. The van der Waals surface area contributed by atoms with Gasteiger partial charge >= 0.3 is 0 Å². The number of aryl methyl sites for hydroxylation is 1. The molecule has 14 heavy (non-hydrogen) atoms. The minimum Gasteiger partial charge on any atom is -0.392 e. The first-order valence-corrected chi connectivity index (χ1v) is 4.99. The van der Waals surface area contributed by atoms with Gasteiger partial charge in [0.2, 0.25) is 0 Å². The van der Waals surface area contributed by atoms with E-state index in [0.717, 1.165) is 12.1 Å². The van der Waals surface area contributed by atoms with Crippen LogP contribution in [0.4, 0.5) is 0 Å². The highest BCUT2D eigenvalue weighted by atomic mass is 16.3. The summed E-state index contributed by atoms with van der Waals surface area (Å²) in [6.07, 6.45) is 3.02. The third-order valence-electron chi connectivity index (χ3n) is 2.87. The van der Waals surface area contributed by atoms with E-state index in [1.807, 2.05) is 13.2 Å². The molecule has 1 N–H and O–H groups in total. The second-order valence-corrected chi connectivity index (χ2v) is 4.45. The first-order chi connectivity index (χ1) is 6.45. The van der Waals surface area contributed by atoms with Crippen LogP contribution in [0.3, 0.4) is 0 Å². The van der Waals surface area contributed by atoms with Crippen LogP contribution in [0, 0.1) is 5.41 Å². The standard InChI is InChI=1S/C10H19N3O/c1-5-10(2,3)9(14)6-8-7-13(4)12-11-8/h7,9,14H,5-6H2,1-4H3. The van der Waals surface area contributed by atoms with E-state index >= 15 is 0 Å². The molecule has 0 aromatic carbocycles. The molecule has 0 aliphatic carbocycles. The fourth-order valence-corrected chi connectivity index (χ4v) is 1.20. The highest BCUT2D eigenvalue weighted by molar-refractivity contribution is 4.96. The molecule has 4 nitrogen and oxygen atoms in total. The lowest BCUT2D eigenvalue weighted by Crippen LogP contribution is -2.30. The van der Waals surface area contributed by atoms with Crippen LogP contribution in [0.1, 0.15) is 32.9 Å². The lowest BCUT2D eigenvalue weighted by molar-refractivity contribution is 0.0471. The third-order valence-corrected chi connectivity index (χ3v) is 2.87. The van der Waals surface area contributed by atoms with Crippen molar-refractivity contribution in [1.29, 1.82) is 0 Å². The van der Waals surface area contributed by atoms with Gasteiger partial charge in [-0.1, -0.05) is 26.0 Å². The van der Waals surface area contributed by atoms with E-state index in [0.29, 0.717) is 6.42 Å². The third kappa shape index (κ3) is 2.54. The Labute approximate surface area is 84.9 Å². The van der Waals surface area contributed by atoms with E-state index in [4.69, 9.17) is 0 Å². The Bertz CT molecular complexity index is 293. The van der Waals surface area contributed by atoms with Crippen molar-refractivity contribution in [3.8, 4) is 0 Å². The first-order valence-electron chi connectivity index (χ1n) is 4.99. The molecule has 0 spiro atoms. The van der Waals surface area contributed by atoms with Crippen LogP contribution in [-0.2, 0) is 13.5 Å². The average molecular weight is 197 g/mol. The van der Waals surface area contributed by atoms with E-state index in [9.17, 15) is 5.11 Å². The Morgan fingerprint density at radius 1 is 1.57 bits per heavy atom. The van der Waals surface area contributed by atoms with Gasteiger partial charge in [-0.15, -0.1) is 5.10 Å². The minimum atomic E-state index is -0.357. The second-order valence-electron chi connectivity index (χ2n) is 4.45. The normalized spacial score (nSPS) is 14.4. The van der Waals surface area contributed by atoms with Crippen LogP contribution in [0.25, 0.3) is 0 Å². The second kappa shape index (κ2) is 4.09. The maximum Gasteiger partial charge on any atom is 0.0852 e. The molecular formula is C10H19N3O. The summed E-state index contributed by atoms with van der Waals surface area (Å²) in [7, 11) is 1.83. The molecule has 0 bridgehead atoms. The molecule has 1 heterocycles. The van der Waals surface area contributed by atoms with Crippen molar-refractivity contribution in [1.82, 2.24) is 15.0 Å². The van der Waals surface area contributed by atoms with E-state index < -0.39 is 0 Å². The van der Waals surface area contributed by atoms with Crippen molar-refractivity contribution in [2.24, 2.45) is 12.5 Å². The molecule has 0 aliphatic rings. The molecule has 1 atom stereocenters. The molecule has 0 aliphatic heterocycles. The summed E-state index contributed by atoms with van der Waals surface area (Å²) in [5.74, 6) is 0. The van der Waals surface area contributed by atoms with Crippen LogP contribution in [0.5, 0.6) is 0 Å². The fraction of sp³-hybridized carbons (Fsp3) is 0.800. The summed E-state index contributed by atoms with van der Waals surface area (Å²) in [5, 5.41) is 17.8. The van der Waals surface area contributed by atoms with Gasteiger partial charge in [-0.2, -0.15) is 0 Å². The molecule has 1 aromatic rings. The van der Waals surface area contributed by atoms with Gasteiger partial charge in [-0.25, -0.2) is 0 Å². The van der Waals surface area contributed by atoms with Gasteiger partial charge in [0.05, 0.1) is 11.8 Å². The number of nitrogens with zero attached hydrogens (tertiary/aromatic N) is 3. The maximum atomic E-state index is 9.96. The highest BCUT2D eigenvalue weighted by Crippen LogP contribution is 2.26. The number of hydrogen-bond acceptors (Lipinski definition) is 3. The van der Waals surface area contributed by atoms with E-state index in [-0.39, 0.29) is 11.5 Å². The predicted octanol–water partition coefficient (Wildman–Crippen LogP) is 1.15. The molecule has 1 rings (SSSR count). The van der Waals surface area contributed by atoms with Crippen LogP contribution in [-0.4, -0.2) is 26.2 Å². The van der Waals surface area contributed by atoms with Gasteiger partial charge in [0.15, 0.2) is 0 Å². The van der Waals surface area contributed by atoms with Gasteiger partial charge in [-0.3, -0.25) is 4.68 Å². The topological polar surface area (TPSA) is 50.9 Å². The van der Waals surface area contributed by atoms with Crippen molar-refractivity contribution in [3.63, 3.8) is 0 Å². The van der Waals surface area contributed by atoms with Crippen molar-refractivity contribution in [2.45, 2.75) is 39.7 Å². The van der Waals surface area contributed by atoms with Crippen molar-refractivity contribution >= 4 is 0 Å². The molecule has 0 radical (unpaired) electrons. The van der Waals surface area contributed by atoms with Crippen LogP contribution in [0.15, 0.2) is 6.20 Å². The summed E-state index contributed by atoms with van der Waals surface area (Å²) in [5.41, 5.74) is 0.791. The quantitative estimate of drug-likeness (QED) is 0.788. The largest absolute Gasteiger partial charge is 0.392 e. The molecule has 80 valence electrons. The lowest BCUT2D eigenvalue weighted by Gasteiger charge is -2.28. The number of hydrogen-bond donors (Lipinski definition) is 1.